The zero-order valence-corrected chi connectivity index (χ0v) is 15.7. The van der Waals surface area contributed by atoms with Crippen LogP contribution in [-0.4, -0.2) is 13.2 Å². The van der Waals surface area contributed by atoms with Gasteiger partial charge in [0, 0.05) is 5.69 Å². The van der Waals surface area contributed by atoms with Crippen LogP contribution in [0.2, 0.25) is 0 Å². The average Bonchev–Trinajstić information content (AvgIpc) is 2.60. The number of hydrogen-bond donors (Lipinski definition) is 1. The molecule has 0 spiro atoms. The molecular formula is C18H20F4NO3P. The molecule has 9 heteroatoms. The summed E-state index contributed by atoms with van der Waals surface area (Å²) in [4.78, 5) is 0. The van der Waals surface area contributed by atoms with Crippen molar-refractivity contribution in [2.24, 2.45) is 0 Å². The highest BCUT2D eigenvalue weighted by molar-refractivity contribution is 7.54. The molecule has 0 amide bonds. The van der Waals surface area contributed by atoms with E-state index >= 15 is 0 Å². The maximum atomic E-state index is 13.3. The normalized spacial score (nSPS) is 13.4. The van der Waals surface area contributed by atoms with Gasteiger partial charge >= 0.3 is 13.8 Å². The van der Waals surface area contributed by atoms with Crippen LogP contribution >= 0.6 is 7.60 Å². The standard InChI is InChI=1S/C18H20F4NO3P/c1-3-25-27(24,26-4-2)17(13-8-10-15(19)11-9-13)23-16-7-5-6-14(12-16)18(20,21)22/h5-12,17,23H,3-4H2,1-2H3/t17-/m0/s1. The number of nitrogens with one attached hydrogen (secondary N) is 1. The molecule has 0 aliphatic carbocycles. The highest BCUT2D eigenvalue weighted by Gasteiger charge is 2.37. The molecule has 0 heterocycles. The van der Waals surface area contributed by atoms with Crippen LogP contribution < -0.4 is 5.32 Å². The molecule has 0 bridgehead atoms. The van der Waals surface area contributed by atoms with Crippen molar-refractivity contribution in [2.75, 3.05) is 18.5 Å². The smallest absolute Gasteiger partial charge is 0.368 e. The van der Waals surface area contributed by atoms with Crippen LogP contribution in [0.4, 0.5) is 23.2 Å². The van der Waals surface area contributed by atoms with Crippen LogP contribution in [0.25, 0.3) is 0 Å². The van der Waals surface area contributed by atoms with Gasteiger partial charge < -0.3 is 14.4 Å². The predicted octanol–water partition coefficient (Wildman–Crippen LogP) is 6.22. The lowest BCUT2D eigenvalue weighted by atomic mass is 10.1. The van der Waals surface area contributed by atoms with E-state index in [1.807, 2.05) is 0 Å². The van der Waals surface area contributed by atoms with Crippen LogP contribution in [-0.2, 0) is 19.8 Å². The number of halogens is 4. The van der Waals surface area contributed by atoms with E-state index in [-0.39, 0.29) is 18.9 Å². The van der Waals surface area contributed by atoms with Crippen LogP contribution in [0.15, 0.2) is 48.5 Å². The minimum atomic E-state index is -4.52. The number of anilines is 1. The van der Waals surface area contributed by atoms with E-state index in [1.165, 1.54) is 36.4 Å². The van der Waals surface area contributed by atoms with Gasteiger partial charge in [-0.2, -0.15) is 13.2 Å². The molecule has 4 nitrogen and oxygen atoms in total. The first kappa shape index (κ1) is 21.4. The summed E-state index contributed by atoms with van der Waals surface area (Å²) in [6, 6.07) is 9.57. The Morgan fingerprint density at radius 1 is 1.04 bits per heavy atom. The molecule has 0 aliphatic heterocycles. The predicted molar refractivity (Wildman–Crippen MR) is 95.1 cm³/mol. The third-order valence-corrected chi connectivity index (χ3v) is 5.91. The van der Waals surface area contributed by atoms with Gasteiger partial charge in [0.05, 0.1) is 18.8 Å². The molecule has 0 radical (unpaired) electrons. The van der Waals surface area contributed by atoms with E-state index in [1.54, 1.807) is 13.8 Å². The fourth-order valence-corrected chi connectivity index (χ4v) is 4.42. The van der Waals surface area contributed by atoms with Gasteiger partial charge in [-0.25, -0.2) is 4.39 Å². The van der Waals surface area contributed by atoms with E-state index in [0.29, 0.717) is 5.56 Å². The monoisotopic (exact) mass is 405 g/mol. The number of alkyl halides is 3. The van der Waals surface area contributed by atoms with Crippen molar-refractivity contribution < 1.29 is 31.2 Å². The maximum absolute atomic E-state index is 13.3. The highest BCUT2D eigenvalue weighted by atomic mass is 31.2. The Morgan fingerprint density at radius 2 is 1.63 bits per heavy atom. The van der Waals surface area contributed by atoms with Crippen molar-refractivity contribution in [3.8, 4) is 0 Å². The lowest BCUT2D eigenvalue weighted by Gasteiger charge is -2.28. The number of hydrogen-bond acceptors (Lipinski definition) is 4. The van der Waals surface area contributed by atoms with Gasteiger partial charge in [-0.3, -0.25) is 4.57 Å². The Bertz CT molecular complexity index is 786. The zero-order valence-electron chi connectivity index (χ0n) is 14.8. The fraction of sp³-hybridized carbons (Fsp3) is 0.333. The van der Waals surface area contributed by atoms with Gasteiger partial charge in [-0.05, 0) is 49.7 Å². The summed E-state index contributed by atoms with van der Waals surface area (Å²) in [6.45, 7) is 3.38. The molecule has 0 aliphatic rings. The van der Waals surface area contributed by atoms with Gasteiger partial charge in [-0.1, -0.05) is 18.2 Å². The SMILES string of the molecule is CCOP(=O)(OCC)[C@H](Nc1cccc(C(F)(F)F)c1)c1ccc(F)cc1. The van der Waals surface area contributed by atoms with E-state index in [9.17, 15) is 22.1 Å². The Kier molecular flexibility index (Phi) is 7.03. The topological polar surface area (TPSA) is 47.6 Å². The molecule has 0 saturated heterocycles. The second-order valence-corrected chi connectivity index (χ2v) is 7.66. The van der Waals surface area contributed by atoms with Gasteiger partial charge in [0.1, 0.15) is 5.82 Å². The summed E-state index contributed by atoms with van der Waals surface area (Å²) in [6.07, 6.45) is -4.52. The molecule has 2 aromatic rings. The lowest BCUT2D eigenvalue weighted by Crippen LogP contribution is -2.16. The molecule has 0 fully saturated rings. The van der Waals surface area contributed by atoms with E-state index in [0.717, 1.165) is 12.1 Å². The van der Waals surface area contributed by atoms with Crippen LogP contribution in [0.1, 0.15) is 30.8 Å². The molecule has 1 N–H and O–H groups in total. The first-order valence-corrected chi connectivity index (χ1v) is 9.89. The maximum Gasteiger partial charge on any atom is 0.416 e. The van der Waals surface area contributed by atoms with Crippen LogP contribution in [0.3, 0.4) is 0 Å². The van der Waals surface area contributed by atoms with Crippen molar-refractivity contribution >= 4 is 13.3 Å². The third-order valence-electron chi connectivity index (χ3n) is 3.61. The van der Waals surface area contributed by atoms with Gasteiger partial charge in [-0.15, -0.1) is 0 Å². The van der Waals surface area contributed by atoms with Crippen molar-refractivity contribution in [1.82, 2.24) is 0 Å². The Morgan fingerprint density at radius 3 is 2.15 bits per heavy atom. The second kappa shape index (κ2) is 8.87. The fourth-order valence-electron chi connectivity index (χ4n) is 2.48. The van der Waals surface area contributed by atoms with E-state index in [2.05, 4.69) is 5.32 Å². The first-order chi connectivity index (χ1) is 12.7. The van der Waals surface area contributed by atoms with Gasteiger partial charge in [0.2, 0.25) is 0 Å². The van der Waals surface area contributed by atoms with Crippen LogP contribution in [0, 0.1) is 5.82 Å². The zero-order chi connectivity index (χ0) is 20.1. The highest BCUT2D eigenvalue weighted by Crippen LogP contribution is 2.60. The van der Waals surface area contributed by atoms with Crippen molar-refractivity contribution in [1.29, 1.82) is 0 Å². The molecule has 0 unspecified atom stereocenters. The molecule has 27 heavy (non-hydrogen) atoms. The summed E-state index contributed by atoms with van der Waals surface area (Å²) < 4.78 is 76.1. The number of benzene rings is 2. The average molecular weight is 405 g/mol. The number of rotatable bonds is 8. The molecule has 0 aromatic heterocycles. The summed E-state index contributed by atoms with van der Waals surface area (Å²) in [5.74, 6) is -1.61. The largest absolute Gasteiger partial charge is 0.416 e. The van der Waals surface area contributed by atoms with Gasteiger partial charge in [0.25, 0.3) is 0 Å². The minimum absolute atomic E-state index is 0.0687. The minimum Gasteiger partial charge on any atom is -0.368 e. The van der Waals surface area contributed by atoms with Crippen molar-refractivity contribution in [2.45, 2.75) is 25.8 Å². The van der Waals surface area contributed by atoms with E-state index in [4.69, 9.17) is 9.05 Å². The quantitative estimate of drug-likeness (QED) is 0.418. The second-order valence-electron chi connectivity index (χ2n) is 5.55. The van der Waals surface area contributed by atoms with Crippen molar-refractivity contribution in [3.63, 3.8) is 0 Å². The molecule has 0 saturated carbocycles. The summed E-state index contributed by atoms with van der Waals surface area (Å²) >= 11 is 0. The van der Waals surface area contributed by atoms with E-state index < -0.39 is 30.9 Å². The molecule has 1 atom stereocenters. The van der Waals surface area contributed by atoms with Crippen LogP contribution in [0.5, 0.6) is 0 Å². The summed E-state index contributed by atoms with van der Waals surface area (Å²) in [5, 5.41) is 2.80. The summed E-state index contributed by atoms with van der Waals surface area (Å²) in [7, 11) is -3.80. The molecule has 148 valence electrons. The van der Waals surface area contributed by atoms with Crippen molar-refractivity contribution in [3.05, 3.63) is 65.5 Å². The molecule has 2 rings (SSSR count). The Labute approximate surface area is 155 Å². The molecule has 2 aromatic carbocycles. The Balaban J connectivity index is 2.47. The first-order valence-electron chi connectivity index (χ1n) is 8.27. The van der Waals surface area contributed by atoms with Gasteiger partial charge in [0.15, 0.2) is 5.78 Å². The lowest BCUT2D eigenvalue weighted by molar-refractivity contribution is -0.137. The molecular weight excluding hydrogens is 385 g/mol. The summed E-state index contributed by atoms with van der Waals surface area (Å²) in [5.41, 5.74) is -0.411. The Hall–Kier alpha value is -1.89. The third kappa shape index (κ3) is 5.54.